The number of carbonyl (C=O) groups excluding carboxylic acids is 2. The molecule has 0 aliphatic rings. The monoisotopic (exact) mass is 350 g/mol. The van der Waals surface area contributed by atoms with Crippen molar-refractivity contribution in [3.63, 3.8) is 0 Å². The minimum atomic E-state index is -0.272. The van der Waals surface area contributed by atoms with Crippen molar-refractivity contribution in [2.24, 2.45) is 0 Å². The summed E-state index contributed by atoms with van der Waals surface area (Å²) < 4.78 is 5.81. The van der Waals surface area contributed by atoms with E-state index in [-0.39, 0.29) is 17.6 Å². The fourth-order valence-corrected chi connectivity index (χ4v) is 2.10. The summed E-state index contributed by atoms with van der Waals surface area (Å²) in [6.07, 6.45) is 2.34. The fourth-order valence-electron chi connectivity index (χ4n) is 1.72. The Kier molecular flexibility index (Phi) is 5.57. The van der Waals surface area contributed by atoms with Crippen LogP contribution in [0.5, 0.6) is 0 Å². The zero-order valence-corrected chi connectivity index (χ0v) is 12.9. The second-order valence-electron chi connectivity index (χ2n) is 4.36. The first-order chi connectivity index (χ1) is 10.2. The molecule has 0 unspecified atom stereocenters. The van der Waals surface area contributed by atoms with E-state index in [2.05, 4.69) is 26.6 Å². The third kappa shape index (κ3) is 4.75. The van der Waals surface area contributed by atoms with Gasteiger partial charge in [0, 0.05) is 17.4 Å². The summed E-state index contributed by atoms with van der Waals surface area (Å²) in [6.45, 7) is 0.420. The number of para-hydroxylation sites is 1. The number of halogens is 1. The van der Waals surface area contributed by atoms with Crippen molar-refractivity contribution in [2.45, 2.75) is 12.8 Å². The molecule has 0 bridgehead atoms. The van der Waals surface area contributed by atoms with Crippen LogP contribution in [0.2, 0.25) is 0 Å². The van der Waals surface area contributed by atoms with Gasteiger partial charge in [-0.3, -0.25) is 9.59 Å². The van der Waals surface area contributed by atoms with E-state index >= 15 is 0 Å². The van der Waals surface area contributed by atoms with Crippen molar-refractivity contribution in [3.8, 4) is 0 Å². The summed E-state index contributed by atoms with van der Waals surface area (Å²) in [5.74, 6) is -0.0898. The molecule has 2 amide bonds. The van der Waals surface area contributed by atoms with Crippen LogP contribution in [-0.4, -0.2) is 18.4 Å². The number of furan rings is 1. The van der Waals surface area contributed by atoms with Crippen LogP contribution in [0.15, 0.2) is 51.6 Å². The Morgan fingerprint density at radius 2 is 1.95 bits per heavy atom. The van der Waals surface area contributed by atoms with Gasteiger partial charge >= 0.3 is 0 Å². The predicted octanol–water partition coefficient (Wildman–Crippen LogP) is 3.19. The second kappa shape index (κ2) is 7.64. The van der Waals surface area contributed by atoms with Crippen molar-refractivity contribution in [3.05, 3.63) is 52.9 Å². The lowest BCUT2D eigenvalue weighted by Crippen LogP contribution is -2.25. The van der Waals surface area contributed by atoms with Gasteiger partial charge in [-0.1, -0.05) is 12.1 Å². The van der Waals surface area contributed by atoms with Crippen LogP contribution in [0, 0.1) is 0 Å². The Labute approximate surface area is 130 Å². The molecule has 0 saturated carbocycles. The Morgan fingerprint density at radius 3 is 2.67 bits per heavy atom. The van der Waals surface area contributed by atoms with Crippen LogP contribution in [0.25, 0.3) is 0 Å². The Balaban J connectivity index is 1.68. The molecule has 0 spiro atoms. The first-order valence-corrected chi connectivity index (χ1v) is 7.32. The van der Waals surface area contributed by atoms with Crippen molar-refractivity contribution >= 4 is 33.4 Å². The molecule has 110 valence electrons. The summed E-state index contributed by atoms with van der Waals surface area (Å²) in [7, 11) is 0. The molecule has 21 heavy (non-hydrogen) atoms. The maximum absolute atomic E-state index is 11.8. The van der Waals surface area contributed by atoms with Gasteiger partial charge in [0.05, 0.1) is 12.0 Å². The van der Waals surface area contributed by atoms with Crippen LogP contribution in [0.3, 0.4) is 0 Å². The molecule has 2 N–H and O–H groups in total. The molecule has 5 nitrogen and oxygen atoms in total. The molecule has 0 radical (unpaired) electrons. The lowest BCUT2D eigenvalue weighted by Gasteiger charge is -2.07. The third-order valence-corrected chi connectivity index (χ3v) is 3.45. The number of hydrogen-bond donors (Lipinski definition) is 2. The summed E-state index contributed by atoms with van der Waals surface area (Å²) >= 11 is 3.37. The molecule has 0 saturated heterocycles. The zero-order valence-electron chi connectivity index (χ0n) is 11.3. The van der Waals surface area contributed by atoms with Crippen molar-refractivity contribution in [2.75, 3.05) is 11.9 Å². The van der Waals surface area contributed by atoms with E-state index in [4.69, 9.17) is 4.42 Å². The zero-order chi connectivity index (χ0) is 15.1. The molecule has 0 aliphatic carbocycles. The molecule has 0 atom stereocenters. The number of carbonyl (C=O) groups is 2. The average Bonchev–Trinajstić information content (AvgIpc) is 3.00. The maximum atomic E-state index is 11.8. The lowest BCUT2D eigenvalue weighted by molar-refractivity contribution is -0.116. The van der Waals surface area contributed by atoms with E-state index in [9.17, 15) is 9.59 Å². The van der Waals surface area contributed by atoms with Gasteiger partial charge in [0.25, 0.3) is 5.91 Å². The molecule has 2 rings (SSSR count). The summed E-state index contributed by atoms with van der Waals surface area (Å²) in [4.78, 5) is 23.3. The van der Waals surface area contributed by atoms with E-state index in [0.29, 0.717) is 19.4 Å². The summed E-state index contributed by atoms with van der Waals surface area (Å²) in [6, 6.07) is 10.7. The van der Waals surface area contributed by atoms with Gasteiger partial charge in [-0.25, -0.2) is 0 Å². The molecular formula is C15H15BrN2O3. The molecule has 1 aromatic carbocycles. The van der Waals surface area contributed by atoms with Crippen LogP contribution in [0.4, 0.5) is 5.69 Å². The highest BCUT2D eigenvalue weighted by atomic mass is 79.9. The number of hydrogen-bond acceptors (Lipinski definition) is 3. The first-order valence-electron chi connectivity index (χ1n) is 6.53. The van der Waals surface area contributed by atoms with Gasteiger partial charge in [-0.2, -0.15) is 0 Å². The van der Waals surface area contributed by atoms with Crippen molar-refractivity contribution in [1.82, 2.24) is 5.32 Å². The van der Waals surface area contributed by atoms with Gasteiger partial charge in [-0.05, 0) is 46.6 Å². The van der Waals surface area contributed by atoms with E-state index in [1.54, 1.807) is 12.1 Å². The number of anilines is 1. The molecular weight excluding hydrogens is 336 g/mol. The van der Waals surface area contributed by atoms with E-state index in [1.165, 1.54) is 6.26 Å². The van der Waals surface area contributed by atoms with Crippen LogP contribution in [0.1, 0.15) is 23.4 Å². The van der Waals surface area contributed by atoms with Gasteiger partial charge in [0.1, 0.15) is 0 Å². The SMILES string of the molecule is O=C(CCCNC(=O)c1ccco1)Nc1ccccc1Br. The van der Waals surface area contributed by atoms with Gasteiger partial charge in [0.2, 0.25) is 5.91 Å². The largest absolute Gasteiger partial charge is 0.459 e. The smallest absolute Gasteiger partial charge is 0.286 e. The third-order valence-electron chi connectivity index (χ3n) is 2.76. The Hall–Kier alpha value is -2.08. The van der Waals surface area contributed by atoms with Crippen LogP contribution in [-0.2, 0) is 4.79 Å². The normalized spacial score (nSPS) is 10.1. The number of amides is 2. The Bertz CT molecular complexity index is 611. The van der Waals surface area contributed by atoms with Crippen molar-refractivity contribution in [1.29, 1.82) is 0 Å². The van der Waals surface area contributed by atoms with E-state index in [0.717, 1.165) is 10.2 Å². The van der Waals surface area contributed by atoms with Crippen LogP contribution >= 0.6 is 15.9 Å². The second-order valence-corrected chi connectivity index (χ2v) is 5.22. The van der Waals surface area contributed by atoms with Gasteiger partial charge < -0.3 is 15.1 Å². The van der Waals surface area contributed by atoms with Gasteiger partial charge in [0.15, 0.2) is 5.76 Å². The van der Waals surface area contributed by atoms with Crippen molar-refractivity contribution < 1.29 is 14.0 Å². The highest BCUT2D eigenvalue weighted by Crippen LogP contribution is 2.21. The molecule has 1 heterocycles. The first kappa shape index (κ1) is 15.3. The molecule has 1 aromatic heterocycles. The molecule has 0 aliphatic heterocycles. The minimum absolute atomic E-state index is 0.0888. The highest BCUT2D eigenvalue weighted by Gasteiger charge is 2.08. The quantitative estimate of drug-likeness (QED) is 0.786. The predicted molar refractivity (Wildman–Crippen MR) is 83.0 cm³/mol. The van der Waals surface area contributed by atoms with E-state index < -0.39 is 0 Å². The maximum Gasteiger partial charge on any atom is 0.286 e. The fraction of sp³-hybridized carbons (Fsp3) is 0.200. The highest BCUT2D eigenvalue weighted by molar-refractivity contribution is 9.10. The van der Waals surface area contributed by atoms with E-state index in [1.807, 2.05) is 24.3 Å². The number of benzene rings is 1. The van der Waals surface area contributed by atoms with Gasteiger partial charge in [-0.15, -0.1) is 0 Å². The molecule has 2 aromatic rings. The summed E-state index contributed by atoms with van der Waals surface area (Å²) in [5.41, 5.74) is 0.738. The molecule has 6 heteroatoms. The standard InChI is InChI=1S/C15H15BrN2O3/c16-11-5-1-2-6-12(11)18-14(19)8-3-9-17-15(20)13-7-4-10-21-13/h1-2,4-7,10H,3,8-9H2,(H,17,20)(H,18,19). The number of rotatable bonds is 6. The number of nitrogens with one attached hydrogen (secondary N) is 2. The topological polar surface area (TPSA) is 71.3 Å². The van der Waals surface area contributed by atoms with Crippen LogP contribution < -0.4 is 10.6 Å². The molecule has 0 fully saturated rings. The Morgan fingerprint density at radius 1 is 1.14 bits per heavy atom. The average molecular weight is 351 g/mol. The minimum Gasteiger partial charge on any atom is -0.459 e. The summed E-state index contributed by atoms with van der Waals surface area (Å²) in [5, 5.41) is 5.50. The lowest BCUT2D eigenvalue weighted by atomic mass is 10.2.